The van der Waals surface area contributed by atoms with Gasteiger partial charge in [-0.3, -0.25) is 0 Å². The van der Waals surface area contributed by atoms with E-state index in [0.717, 1.165) is 20.1 Å². The molecule has 0 aliphatic rings. The number of nitrogens with two attached hydrogens (primary N) is 1. The van der Waals surface area contributed by atoms with Crippen molar-refractivity contribution in [3.63, 3.8) is 0 Å². The summed E-state index contributed by atoms with van der Waals surface area (Å²) >= 11 is 19.0. The molecule has 0 bridgehead atoms. The molecule has 106 valence electrons. The van der Waals surface area contributed by atoms with E-state index in [0.29, 0.717) is 15.8 Å². The number of hydrogen-bond donors (Lipinski definition) is 1. The maximum Gasteiger partial charge on any atom is 0.138 e. The molecule has 0 radical (unpaired) electrons. The lowest BCUT2D eigenvalue weighted by molar-refractivity contribution is 0.405. The van der Waals surface area contributed by atoms with Crippen molar-refractivity contribution >= 4 is 55.1 Å². The lowest BCUT2D eigenvalue weighted by Crippen LogP contribution is -2.13. The van der Waals surface area contributed by atoms with Crippen molar-refractivity contribution < 1.29 is 4.74 Å². The molecule has 2 nitrogen and oxygen atoms in total. The van der Waals surface area contributed by atoms with Gasteiger partial charge in [0.15, 0.2) is 0 Å². The quantitative estimate of drug-likeness (QED) is 0.678. The van der Waals surface area contributed by atoms with Gasteiger partial charge in [0.2, 0.25) is 0 Å². The highest BCUT2D eigenvalue weighted by atomic mass is 79.9. The molecule has 20 heavy (non-hydrogen) atoms. The normalized spacial score (nSPS) is 12.3. The molecule has 0 spiro atoms. The second kappa shape index (κ2) is 6.67. The maximum absolute atomic E-state index is 6.33. The average molecular weight is 440 g/mol. The summed E-state index contributed by atoms with van der Waals surface area (Å²) in [7, 11) is 1.60. The van der Waals surface area contributed by atoms with Gasteiger partial charge in [0.1, 0.15) is 5.75 Å². The molecule has 2 aromatic rings. The van der Waals surface area contributed by atoms with Gasteiger partial charge in [-0.1, -0.05) is 39.1 Å². The smallest absolute Gasteiger partial charge is 0.138 e. The summed E-state index contributed by atoms with van der Waals surface area (Å²) in [4.78, 5) is 0. The Hall–Kier alpha value is -0.260. The highest BCUT2D eigenvalue weighted by Gasteiger charge is 2.18. The van der Waals surface area contributed by atoms with Crippen molar-refractivity contribution in [3.8, 4) is 5.75 Å². The third kappa shape index (κ3) is 3.49. The topological polar surface area (TPSA) is 35.2 Å². The first-order valence-electron chi connectivity index (χ1n) is 5.67. The van der Waals surface area contributed by atoms with Crippen LogP contribution in [0.25, 0.3) is 0 Å². The maximum atomic E-state index is 6.33. The lowest BCUT2D eigenvalue weighted by Gasteiger charge is -2.18. The molecule has 0 saturated carbocycles. The number of benzene rings is 2. The van der Waals surface area contributed by atoms with E-state index in [2.05, 4.69) is 31.9 Å². The molecule has 1 unspecified atom stereocenters. The fourth-order valence-corrected chi connectivity index (χ4v) is 3.84. The van der Waals surface area contributed by atoms with Gasteiger partial charge in [0.05, 0.1) is 17.6 Å². The van der Waals surface area contributed by atoms with Crippen LogP contribution in [-0.2, 0) is 0 Å². The molecule has 2 aromatic carbocycles. The molecule has 0 aliphatic carbocycles. The van der Waals surface area contributed by atoms with E-state index in [1.165, 1.54) is 0 Å². The summed E-state index contributed by atoms with van der Waals surface area (Å²) in [5.74, 6) is 0.665. The number of ether oxygens (including phenoxy) is 1. The van der Waals surface area contributed by atoms with E-state index in [1.54, 1.807) is 19.2 Å². The number of halogens is 4. The second-order valence-corrected chi connectivity index (χ2v) is 6.83. The van der Waals surface area contributed by atoms with E-state index in [-0.39, 0.29) is 0 Å². The van der Waals surface area contributed by atoms with Crippen LogP contribution in [0.1, 0.15) is 17.2 Å². The number of methoxy groups -OCH3 is 1. The number of hydrogen-bond acceptors (Lipinski definition) is 2. The SMILES string of the molecule is COc1c(Br)cc(Cl)cc1C(N)c1cc(Cl)cc(Br)c1. The molecule has 0 aliphatic heterocycles. The predicted molar refractivity (Wildman–Crippen MR) is 90.9 cm³/mol. The highest BCUT2D eigenvalue weighted by molar-refractivity contribution is 9.10. The third-order valence-corrected chi connectivity index (χ3v) is 4.30. The van der Waals surface area contributed by atoms with Crippen molar-refractivity contribution in [1.29, 1.82) is 0 Å². The fourth-order valence-electron chi connectivity index (χ4n) is 1.96. The molecule has 0 heterocycles. The Morgan fingerprint density at radius 1 is 1.05 bits per heavy atom. The molecule has 6 heteroatoms. The van der Waals surface area contributed by atoms with Gasteiger partial charge in [-0.05, 0) is 51.8 Å². The zero-order chi connectivity index (χ0) is 14.9. The summed E-state index contributed by atoms with van der Waals surface area (Å²) in [6.07, 6.45) is 0. The standard InChI is InChI=1S/C14H11Br2Cl2NO/c1-20-14-11(5-10(18)6-12(14)16)13(19)7-2-8(15)4-9(17)3-7/h2-6,13H,19H2,1H3. The van der Waals surface area contributed by atoms with Gasteiger partial charge in [0, 0.05) is 20.1 Å². The summed E-state index contributed by atoms with van der Waals surface area (Å²) in [5, 5.41) is 1.20. The Bertz CT molecular complexity index is 629. The van der Waals surface area contributed by atoms with Crippen LogP contribution in [0.5, 0.6) is 5.75 Å². The van der Waals surface area contributed by atoms with Gasteiger partial charge in [-0.15, -0.1) is 0 Å². The first-order chi connectivity index (χ1) is 9.42. The summed E-state index contributed by atoms with van der Waals surface area (Å²) < 4.78 is 7.04. The molecule has 0 saturated heterocycles. The van der Waals surface area contributed by atoms with E-state index >= 15 is 0 Å². The Labute approximate surface area is 144 Å². The van der Waals surface area contributed by atoms with Crippen molar-refractivity contribution in [2.75, 3.05) is 7.11 Å². The van der Waals surface area contributed by atoms with Gasteiger partial charge in [-0.25, -0.2) is 0 Å². The van der Waals surface area contributed by atoms with Crippen molar-refractivity contribution in [1.82, 2.24) is 0 Å². The number of rotatable bonds is 3. The van der Waals surface area contributed by atoms with Crippen LogP contribution in [0.4, 0.5) is 0 Å². The first kappa shape index (κ1) is 16.1. The fraction of sp³-hybridized carbons (Fsp3) is 0.143. The molecule has 0 fully saturated rings. The molecular formula is C14H11Br2Cl2NO. The van der Waals surface area contributed by atoms with Gasteiger partial charge < -0.3 is 10.5 Å². The molecule has 2 rings (SSSR count). The monoisotopic (exact) mass is 437 g/mol. The van der Waals surface area contributed by atoms with Crippen LogP contribution in [-0.4, -0.2) is 7.11 Å². The third-order valence-electron chi connectivity index (χ3n) is 2.82. The predicted octanol–water partition coefficient (Wildman–Crippen LogP) is 5.58. The summed E-state index contributed by atoms with van der Waals surface area (Å²) in [6, 6.07) is 8.73. The Balaban J connectivity index is 2.55. The largest absolute Gasteiger partial charge is 0.495 e. The van der Waals surface area contributed by atoms with Crippen LogP contribution in [0.15, 0.2) is 39.3 Å². The highest BCUT2D eigenvalue weighted by Crippen LogP contribution is 2.38. The summed E-state index contributed by atoms with van der Waals surface area (Å²) in [6.45, 7) is 0. The van der Waals surface area contributed by atoms with Crippen molar-refractivity contribution in [2.24, 2.45) is 5.73 Å². The van der Waals surface area contributed by atoms with Gasteiger partial charge in [-0.2, -0.15) is 0 Å². The lowest BCUT2D eigenvalue weighted by atomic mass is 9.99. The van der Waals surface area contributed by atoms with E-state index in [1.807, 2.05) is 18.2 Å². The Morgan fingerprint density at radius 2 is 1.70 bits per heavy atom. The first-order valence-corrected chi connectivity index (χ1v) is 8.01. The minimum Gasteiger partial charge on any atom is -0.495 e. The van der Waals surface area contributed by atoms with Gasteiger partial charge in [0.25, 0.3) is 0 Å². The molecule has 1 atom stereocenters. The molecule has 2 N–H and O–H groups in total. The Kier molecular flexibility index (Phi) is 5.37. The zero-order valence-electron chi connectivity index (χ0n) is 10.5. The Morgan fingerprint density at radius 3 is 2.30 bits per heavy atom. The van der Waals surface area contributed by atoms with Crippen molar-refractivity contribution in [2.45, 2.75) is 6.04 Å². The van der Waals surface area contributed by atoms with E-state index in [9.17, 15) is 0 Å². The minimum absolute atomic E-state index is 0.394. The zero-order valence-corrected chi connectivity index (χ0v) is 15.1. The van der Waals surface area contributed by atoms with E-state index in [4.69, 9.17) is 33.7 Å². The van der Waals surface area contributed by atoms with Crippen LogP contribution < -0.4 is 10.5 Å². The molecule has 0 amide bonds. The molecule has 0 aromatic heterocycles. The van der Waals surface area contributed by atoms with Gasteiger partial charge >= 0.3 is 0 Å². The van der Waals surface area contributed by atoms with E-state index < -0.39 is 6.04 Å². The minimum atomic E-state index is -0.394. The van der Waals surface area contributed by atoms with Crippen molar-refractivity contribution in [3.05, 3.63) is 60.4 Å². The van der Waals surface area contributed by atoms with Crippen LogP contribution in [0, 0.1) is 0 Å². The summed E-state index contributed by atoms with van der Waals surface area (Å²) in [5.41, 5.74) is 7.99. The van der Waals surface area contributed by atoms with Crippen LogP contribution >= 0.6 is 55.1 Å². The van der Waals surface area contributed by atoms with Crippen LogP contribution in [0.3, 0.4) is 0 Å². The van der Waals surface area contributed by atoms with Crippen LogP contribution in [0.2, 0.25) is 10.0 Å². The second-order valence-electron chi connectivity index (χ2n) is 4.19. The average Bonchev–Trinajstić information content (AvgIpc) is 2.35. The molecular weight excluding hydrogens is 429 g/mol.